The summed E-state index contributed by atoms with van der Waals surface area (Å²) in [6.07, 6.45) is 0.361. The van der Waals surface area contributed by atoms with Gasteiger partial charge in [0.15, 0.2) is 0 Å². The summed E-state index contributed by atoms with van der Waals surface area (Å²) in [5, 5.41) is 2.74. The van der Waals surface area contributed by atoms with E-state index in [1.165, 1.54) is 12.1 Å². The largest absolute Gasteiger partial charge is 0.352 e. The Balaban J connectivity index is 1.96. The zero-order valence-corrected chi connectivity index (χ0v) is 12.4. The van der Waals surface area contributed by atoms with E-state index in [-0.39, 0.29) is 5.91 Å². The average molecular weight is 307 g/mol. The van der Waals surface area contributed by atoms with Crippen molar-refractivity contribution in [2.45, 2.75) is 18.2 Å². The molecule has 5 heteroatoms. The Hall–Kier alpha value is -1.88. The Morgan fingerprint density at radius 3 is 2.48 bits per heavy atom. The molecule has 0 unspecified atom stereocenters. The number of carbonyl (C=O) groups is 1. The summed E-state index contributed by atoms with van der Waals surface area (Å²) in [5.74, 6) is -1.45. The first-order valence-electron chi connectivity index (χ1n) is 6.48. The monoisotopic (exact) mass is 307 g/mol. The van der Waals surface area contributed by atoms with E-state index in [0.29, 0.717) is 29.0 Å². The summed E-state index contributed by atoms with van der Waals surface area (Å²) in [7, 11) is 0. The van der Waals surface area contributed by atoms with Gasteiger partial charge in [0.2, 0.25) is 0 Å². The van der Waals surface area contributed by atoms with Gasteiger partial charge in [-0.3, -0.25) is 4.79 Å². The number of hydrogen-bond donors (Lipinski definition) is 2. The van der Waals surface area contributed by atoms with Crippen molar-refractivity contribution in [2.24, 2.45) is 0 Å². The van der Waals surface area contributed by atoms with E-state index in [2.05, 4.69) is 17.9 Å². The van der Waals surface area contributed by atoms with Gasteiger partial charge in [-0.2, -0.15) is 0 Å². The molecule has 2 rings (SSSR count). The molecule has 0 aliphatic heterocycles. The minimum absolute atomic E-state index is 0.222. The van der Waals surface area contributed by atoms with Crippen LogP contribution in [0.4, 0.5) is 8.78 Å². The Kier molecular flexibility index (Phi) is 4.96. The zero-order chi connectivity index (χ0) is 15.4. The fraction of sp³-hybridized carbons (Fsp3) is 0.188. The van der Waals surface area contributed by atoms with Gasteiger partial charge in [-0.05, 0) is 48.7 Å². The van der Waals surface area contributed by atoms with Gasteiger partial charge < -0.3 is 5.32 Å². The van der Waals surface area contributed by atoms with E-state index in [1.807, 2.05) is 19.1 Å². The molecule has 1 N–H and O–H groups in total. The highest BCUT2D eigenvalue weighted by Gasteiger charge is 2.09. The molecule has 0 saturated carbocycles. The lowest BCUT2D eigenvalue weighted by Crippen LogP contribution is -2.26. The third-order valence-corrected chi connectivity index (χ3v) is 3.37. The quantitative estimate of drug-likeness (QED) is 0.831. The molecule has 0 bridgehead atoms. The molecule has 110 valence electrons. The van der Waals surface area contributed by atoms with Crippen LogP contribution in [0.5, 0.6) is 0 Å². The summed E-state index contributed by atoms with van der Waals surface area (Å²) in [5.41, 5.74) is 1.91. The van der Waals surface area contributed by atoms with Gasteiger partial charge in [-0.1, -0.05) is 6.07 Å². The topological polar surface area (TPSA) is 29.1 Å². The number of aryl methyl sites for hydroxylation is 1. The van der Waals surface area contributed by atoms with Crippen LogP contribution in [-0.2, 0) is 6.42 Å². The molecule has 2 nitrogen and oxygen atoms in total. The smallest absolute Gasteiger partial charge is 0.251 e. The number of halogens is 2. The van der Waals surface area contributed by atoms with Crippen molar-refractivity contribution in [1.29, 1.82) is 0 Å². The summed E-state index contributed by atoms with van der Waals surface area (Å²) in [4.78, 5) is 12.8. The molecule has 0 aliphatic rings. The molecule has 0 heterocycles. The summed E-state index contributed by atoms with van der Waals surface area (Å²) >= 11 is 4.20. The molecule has 0 spiro atoms. The molecule has 21 heavy (non-hydrogen) atoms. The fourth-order valence-electron chi connectivity index (χ4n) is 2.03. The van der Waals surface area contributed by atoms with Crippen molar-refractivity contribution in [2.75, 3.05) is 6.54 Å². The highest BCUT2D eigenvalue weighted by molar-refractivity contribution is 7.80. The minimum Gasteiger partial charge on any atom is -0.352 e. The predicted octanol–water partition coefficient (Wildman–Crippen LogP) is 3.53. The third-order valence-electron chi connectivity index (χ3n) is 3.09. The van der Waals surface area contributed by atoms with Crippen molar-refractivity contribution in [3.8, 4) is 0 Å². The second-order valence-corrected chi connectivity index (χ2v) is 5.30. The first kappa shape index (κ1) is 15.5. The highest BCUT2D eigenvalue weighted by Crippen LogP contribution is 2.14. The number of nitrogens with one attached hydrogen (secondary N) is 1. The van der Waals surface area contributed by atoms with Crippen LogP contribution in [0, 0.1) is 18.6 Å². The van der Waals surface area contributed by atoms with Gasteiger partial charge >= 0.3 is 0 Å². The van der Waals surface area contributed by atoms with Crippen LogP contribution in [0.3, 0.4) is 0 Å². The van der Waals surface area contributed by atoms with Gasteiger partial charge in [0.05, 0.1) is 0 Å². The molecule has 0 aliphatic carbocycles. The average Bonchev–Trinajstić information content (AvgIpc) is 2.40. The van der Waals surface area contributed by atoms with Crippen molar-refractivity contribution in [3.63, 3.8) is 0 Å². The molecule has 1 amide bonds. The first-order valence-corrected chi connectivity index (χ1v) is 6.93. The lowest BCUT2D eigenvalue weighted by Gasteiger charge is -2.08. The number of benzene rings is 2. The predicted molar refractivity (Wildman–Crippen MR) is 80.8 cm³/mol. The second kappa shape index (κ2) is 6.72. The normalized spacial score (nSPS) is 10.5. The van der Waals surface area contributed by atoms with E-state index in [9.17, 15) is 13.6 Å². The van der Waals surface area contributed by atoms with Crippen molar-refractivity contribution in [1.82, 2.24) is 5.32 Å². The highest BCUT2D eigenvalue weighted by atomic mass is 32.1. The maximum absolute atomic E-state index is 13.0. The van der Waals surface area contributed by atoms with Gasteiger partial charge in [0.1, 0.15) is 11.6 Å². The van der Waals surface area contributed by atoms with Crippen molar-refractivity contribution >= 4 is 18.5 Å². The van der Waals surface area contributed by atoms with Crippen LogP contribution < -0.4 is 5.32 Å². The van der Waals surface area contributed by atoms with Crippen LogP contribution in [-0.4, -0.2) is 12.5 Å². The maximum Gasteiger partial charge on any atom is 0.251 e. The molecular formula is C16H15F2NOS. The van der Waals surface area contributed by atoms with E-state index < -0.39 is 11.6 Å². The van der Waals surface area contributed by atoms with Gasteiger partial charge in [0, 0.05) is 23.1 Å². The van der Waals surface area contributed by atoms with Crippen LogP contribution in [0.2, 0.25) is 0 Å². The molecule has 0 radical (unpaired) electrons. The van der Waals surface area contributed by atoms with E-state index in [1.54, 1.807) is 6.07 Å². The summed E-state index contributed by atoms with van der Waals surface area (Å²) < 4.78 is 26.1. The lowest BCUT2D eigenvalue weighted by atomic mass is 10.1. The fourth-order valence-corrected chi connectivity index (χ4v) is 2.23. The SMILES string of the molecule is Cc1ccc(S)cc1C(=O)NCCc1cc(F)cc(F)c1. The number of thiol groups is 1. The third kappa shape index (κ3) is 4.29. The van der Waals surface area contributed by atoms with Crippen LogP contribution in [0.25, 0.3) is 0 Å². The number of carbonyl (C=O) groups excluding carboxylic acids is 1. The van der Waals surface area contributed by atoms with Crippen molar-refractivity contribution < 1.29 is 13.6 Å². The van der Waals surface area contributed by atoms with E-state index >= 15 is 0 Å². The molecule has 0 aromatic heterocycles. The lowest BCUT2D eigenvalue weighted by molar-refractivity contribution is 0.0953. The van der Waals surface area contributed by atoms with Crippen LogP contribution in [0.15, 0.2) is 41.3 Å². The minimum atomic E-state index is -0.616. The maximum atomic E-state index is 13.0. The van der Waals surface area contributed by atoms with Gasteiger partial charge in [-0.25, -0.2) is 8.78 Å². The standard InChI is InChI=1S/C16H15F2NOS/c1-10-2-3-14(21)9-15(10)16(20)19-5-4-11-6-12(17)8-13(18)7-11/h2-3,6-9,21H,4-5H2,1H3,(H,19,20). The molecule has 0 saturated heterocycles. The first-order chi connectivity index (χ1) is 9.95. The number of hydrogen-bond acceptors (Lipinski definition) is 2. The summed E-state index contributed by atoms with van der Waals surface area (Å²) in [6, 6.07) is 8.66. The Labute approximate surface area is 127 Å². The van der Waals surface area contributed by atoms with Gasteiger partial charge in [-0.15, -0.1) is 12.6 Å². The number of amides is 1. The number of rotatable bonds is 4. The van der Waals surface area contributed by atoms with Gasteiger partial charge in [0.25, 0.3) is 5.91 Å². The van der Waals surface area contributed by atoms with E-state index in [0.717, 1.165) is 11.6 Å². The molecule has 2 aromatic carbocycles. The Morgan fingerprint density at radius 2 is 1.81 bits per heavy atom. The Morgan fingerprint density at radius 1 is 1.14 bits per heavy atom. The summed E-state index contributed by atoms with van der Waals surface area (Å²) in [6.45, 7) is 2.14. The zero-order valence-electron chi connectivity index (χ0n) is 11.5. The second-order valence-electron chi connectivity index (χ2n) is 4.78. The van der Waals surface area contributed by atoms with Crippen molar-refractivity contribution in [3.05, 3.63) is 64.7 Å². The Bertz CT molecular complexity index is 653. The van der Waals surface area contributed by atoms with E-state index in [4.69, 9.17) is 0 Å². The molecule has 0 fully saturated rings. The molecular weight excluding hydrogens is 292 g/mol. The molecule has 0 atom stereocenters. The van der Waals surface area contributed by atoms with Crippen LogP contribution >= 0.6 is 12.6 Å². The molecule has 2 aromatic rings. The van der Waals surface area contributed by atoms with Crippen LogP contribution in [0.1, 0.15) is 21.5 Å².